The second kappa shape index (κ2) is 8.86. The highest BCUT2D eigenvalue weighted by molar-refractivity contribution is 14.1. The Bertz CT molecular complexity index is 755. The van der Waals surface area contributed by atoms with Gasteiger partial charge < -0.3 is 15.1 Å². The number of nitrogens with one attached hydrogen (secondary N) is 1. The number of hydrogen-bond acceptors (Lipinski definition) is 4. The molecule has 1 aliphatic rings. The molecular weight excluding hydrogens is 453 g/mol. The van der Waals surface area contributed by atoms with Gasteiger partial charge in [0.2, 0.25) is 5.95 Å². The van der Waals surface area contributed by atoms with Gasteiger partial charge in [0.1, 0.15) is 0 Å². The van der Waals surface area contributed by atoms with E-state index in [1.807, 2.05) is 19.3 Å². The molecular formula is C20H26IN5O. The minimum atomic E-state index is -0.0724. The SMILES string of the molecule is C[C@H](NC(=O)N(C)C)c1ccc(C2CCN(c3ncc(I)cn3)CC2)cc1. The first kappa shape index (κ1) is 19.9. The average molecular weight is 479 g/mol. The molecule has 1 aromatic carbocycles. The summed E-state index contributed by atoms with van der Waals surface area (Å²) in [6.07, 6.45) is 5.93. The van der Waals surface area contributed by atoms with E-state index in [2.05, 4.69) is 67.0 Å². The van der Waals surface area contributed by atoms with Crippen LogP contribution in [0.15, 0.2) is 36.7 Å². The Kier molecular flexibility index (Phi) is 6.51. The molecule has 1 aromatic heterocycles. The van der Waals surface area contributed by atoms with E-state index < -0.39 is 0 Å². The first-order valence-electron chi connectivity index (χ1n) is 9.24. The lowest BCUT2D eigenvalue weighted by molar-refractivity contribution is 0.214. The van der Waals surface area contributed by atoms with Crippen molar-refractivity contribution >= 4 is 34.6 Å². The van der Waals surface area contributed by atoms with Gasteiger partial charge in [-0.3, -0.25) is 0 Å². The predicted octanol–water partition coefficient (Wildman–Crippen LogP) is 3.80. The van der Waals surface area contributed by atoms with Crippen LogP contribution in [-0.4, -0.2) is 48.1 Å². The number of urea groups is 1. The molecule has 0 radical (unpaired) electrons. The molecule has 0 bridgehead atoms. The fourth-order valence-corrected chi connectivity index (χ4v) is 3.61. The van der Waals surface area contributed by atoms with Crippen LogP contribution in [0, 0.1) is 3.57 Å². The maximum absolute atomic E-state index is 11.8. The highest BCUT2D eigenvalue weighted by atomic mass is 127. The zero-order valence-corrected chi connectivity index (χ0v) is 18.2. The van der Waals surface area contributed by atoms with Gasteiger partial charge >= 0.3 is 6.03 Å². The number of benzene rings is 1. The Morgan fingerprint density at radius 3 is 2.33 bits per heavy atom. The summed E-state index contributed by atoms with van der Waals surface area (Å²) in [6, 6.07) is 8.59. The second-order valence-corrected chi connectivity index (χ2v) is 8.44. The summed E-state index contributed by atoms with van der Waals surface area (Å²) in [5.41, 5.74) is 2.49. The monoisotopic (exact) mass is 479 g/mol. The fourth-order valence-electron chi connectivity index (χ4n) is 3.34. The molecule has 6 nitrogen and oxygen atoms in total. The summed E-state index contributed by atoms with van der Waals surface area (Å²) in [4.78, 5) is 24.5. The fraction of sp³-hybridized carbons (Fsp3) is 0.450. The van der Waals surface area contributed by atoms with Crippen LogP contribution in [0.4, 0.5) is 10.7 Å². The van der Waals surface area contributed by atoms with Crippen molar-refractivity contribution in [2.24, 2.45) is 0 Å². The van der Waals surface area contributed by atoms with Gasteiger partial charge in [-0.15, -0.1) is 0 Å². The average Bonchev–Trinajstić information content (AvgIpc) is 2.69. The molecule has 144 valence electrons. The van der Waals surface area contributed by atoms with Crippen molar-refractivity contribution < 1.29 is 4.79 Å². The smallest absolute Gasteiger partial charge is 0.317 e. The lowest BCUT2D eigenvalue weighted by atomic mass is 9.88. The molecule has 0 unspecified atom stereocenters. The minimum absolute atomic E-state index is 0.00572. The Balaban J connectivity index is 1.57. The molecule has 2 amide bonds. The Morgan fingerprint density at radius 1 is 1.19 bits per heavy atom. The summed E-state index contributed by atoms with van der Waals surface area (Å²) in [6.45, 7) is 3.96. The number of nitrogens with zero attached hydrogens (tertiary/aromatic N) is 4. The second-order valence-electron chi connectivity index (χ2n) is 7.19. The molecule has 7 heteroatoms. The van der Waals surface area contributed by atoms with Crippen molar-refractivity contribution in [3.05, 3.63) is 51.4 Å². The summed E-state index contributed by atoms with van der Waals surface area (Å²) < 4.78 is 1.06. The van der Waals surface area contributed by atoms with Gasteiger partial charge in [-0.25, -0.2) is 14.8 Å². The van der Waals surface area contributed by atoms with Crippen LogP contribution in [-0.2, 0) is 0 Å². The van der Waals surface area contributed by atoms with E-state index in [4.69, 9.17) is 0 Å². The van der Waals surface area contributed by atoms with Crippen LogP contribution in [0.5, 0.6) is 0 Å². The lowest BCUT2D eigenvalue weighted by Crippen LogP contribution is -2.36. The van der Waals surface area contributed by atoms with E-state index in [0.29, 0.717) is 5.92 Å². The van der Waals surface area contributed by atoms with Gasteiger partial charge in [0, 0.05) is 43.1 Å². The van der Waals surface area contributed by atoms with E-state index in [1.54, 1.807) is 19.0 Å². The van der Waals surface area contributed by atoms with Crippen LogP contribution >= 0.6 is 22.6 Å². The van der Waals surface area contributed by atoms with Gasteiger partial charge in [0.05, 0.1) is 6.04 Å². The first-order chi connectivity index (χ1) is 12.9. The number of halogens is 1. The minimum Gasteiger partial charge on any atom is -0.341 e. The number of piperidine rings is 1. The van der Waals surface area contributed by atoms with Crippen molar-refractivity contribution in [2.45, 2.75) is 31.7 Å². The number of aromatic nitrogens is 2. The highest BCUT2D eigenvalue weighted by Crippen LogP contribution is 2.30. The van der Waals surface area contributed by atoms with Gasteiger partial charge in [0.25, 0.3) is 0 Å². The molecule has 3 rings (SSSR count). The third-order valence-electron chi connectivity index (χ3n) is 5.04. The molecule has 2 heterocycles. The van der Waals surface area contributed by atoms with Crippen molar-refractivity contribution in [3.63, 3.8) is 0 Å². The molecule has 2 aromatic rings. The van der Waals surface area contributed by atoms with Crippen molar-refractivity contribution in [1.29, 1.82) is 0 Å². The molecule has 1 fully saturated rings. The first-order valence-corrected chi connectivity index (χ1v) is 10.3. The van der Waals surface area contributed by atoms with Gasteiger partial charge in [-0.1, -0.05) is 24.3 Å². The van der Waals surface area contributed by atoms with Crippen LogP contribution in [0.3, 0.4) is 0 Å². The number of rotatable bonds is 4. The van der Waals surface area contributed by atoms with E-state index in [0.717, 1.165) is 41.0 Å². The number of carbonyl (C=O) groups excluding carboxylic acids is 1. The summed E-state index contributed by atoms with van der Waals surface area (Å²) in [7, 11) is 3.50. The van der Waals surface area contributed by atoms with Crippen LogP contribution < -0.4 is 10.2 Å². The van der Waals surface area contributed by atoms with Gasteiger partial charge in [0.15, 0.2) is 0 Å². The molecule has 1 atom stereocenters. The number of hydrogen-bond donors (Lipinski definition) is 1. The Hall–Kier alpha value is -1.90. The van der Waals surface area contributed by atoms with E-state index in [-0.39, 0.29) is 12.1 Å². The van der Waals surface area contributed by atoms with Gasteiger partial charge in [-0.2, -0.15) is 0 Å². The summed E-state index contributed by atoms with van der Waals surface area (Å²) >= 11 is 2.23. The van der Waals surface area contributed by atoms with Crippen LogP contribution in [0.25, 0.3) is 0 Å². The quantitative estimate of drug-likeness (QED) is 0.678. The van der Waals surface area contributed by atoms with Crippen molar-refractivity contribution in [3.8, 4) is 0 Å². The molecule has 0 spiro atoms. The topological polar surface area (TPSA) is 61.4 Å². The third kappa shape index (κ3) is 5.09. The number of amides is 2. The largest absolute Gasteiger partial charge is 0.341 e. The lowest BCUT2D eigenvalue weighted by Gasteiger charge is -2.32. The van der Waals surface area contributed by atoms with Crippen LogP contribution in [0.2, 0.25) is 0 Å². The molecule has 0 aliphatic carbocycles. The normalized spacial score (nSPS) is 16.1. The molecule has 1 N–H and O–H groups in total. The van der Waals surface area contributed by atoms with Gasteiger partial charge in [-0.05, 0) is 59.4 Å². The molecule has 27 heavy (non-hydrogen) atoms. The highest BCUT2D eigenvalue weighted by Gasteiger charge is 2.22. The molecule has 1 aliphatic heterocycles. The predicted molar refractivity (Wildman–Crippen MR) is 116 cm³/mol. The molecule has 0 saturated carbocycles. The standard InChI is InChI=1S/C20H26IN5O/c1-14(24-20(27)25(2)3)15-4-6-16(7-5-15)17-8-10-26(11-9-17)19-22-12-18(21)13-23-19/h4-7,12-14,17H,8-11H2,1-3H3,(H,24,27)/t14-/m0/s1. The Morgan fingerprint density at radius 2 is 1.78 bits per heavy atom. The maximum atomic E-state index is 11.8. The zero-order chi connectivity index (χ0) is 19.4. The Labute approximate surface area is 174 Å². The maximum Gasteiger partial charge on any atom is 0.317 e. The van der Waals surface area contributed by atoms with Crippen LogP contribution in [0.1, 0.15) is 42.9 Å². The number of anilines is 1. The summed E-state index contributed by atoms with van der Waals surface area (Å²) in [5, 5.41) is 2.99. The van der Waals surface area contributed by atoms with E-state index >= 15 is 0 Å². The summed E-state index contributed by atoms with van der Waals surface area (Å²) in [5.74, 6) is 1.39. The zero-order valence-electron chi connectivity index (χ0n) is 16.0. The van der Waals surface area contributed by atoms with E-state index in [1.165, 1.54) is 5.56 Å². The van der Waals surface area contributed by atoms with Crippen molar-refractivity contribution in [2.75, 3.05) is 32.1 Å². The molecule has 1 saturated heterocycles. The van der Waals surface area contributed by atoms with Crippen molar-refractivity contribution in [1.82, 2.24) is 20.2 Å². The van der Waals surface area contributed by atoms with E-state index in [9.17, 15) is 4.79 Å². The number of carbonyl (C=O) groups is 1. The third-order valence-corrected chi connectivity index (χ3v) is 5.60.